The van der Waals surface area contributed by atoms with Gasteiger partial charge in [0.1, 0.15) is 5.75 Å². The van der Waals surface area contributed by atoms with E-state index in [2.05, 4.69) is 0 Å². The average Bonchev–Trinajstić information content (AvgIpc) is 2.22. The third-order valence-corrected chi connectivity index (χ3v) is 5.29. The van der Waals surface area contributed by atoms with Crippen molar-refractivity contribution in [2.24, 2.45) is 0 Å². The summed E-state index contributed by atoms with van der Waals surface area (Å²) in [5.74, 6) is -0.724. The Kier molecular flexibility index (Phi) is 4.32. The molecule has 3 nitrogen and oxygen atoms in total. The zero-order chi connectivity index (χ0) is 14.1. The van der Waals surface area contributed by atoms with Crippen molar-refractivity contribution in [2.75, 3.05) is 5.75 Å². The molecule has 4 heteroatoms. The summed E-state index contributed by atoms with van der Waals surface area (Å²) in [5, 5.41) is -0.520. The van der Waals surface area contributed by atoms with Crippen LogP contribution in [0.5, 0.6) is 0 Å². The Morgan fingerprint density at radius 2 is 1.56 bits per heavy atom. The minimum atomic E-state index is -3.33. The Hall–Kier alpha value is -1.16. The molecule has 1 rings (SSSR count). The van der Waals surface area contributed by atoms with Gasteiger partial charge in [-0.1, -0.05) is 6.07 Å². The Balaban J connectivity index is 3.10. The van der Waals surface area contributed by atoms with Gasteiger partial charge in [-0.2, -0.15) is 0 Å². The smallest absolute Gasteiger partial charge is 0.178 e. The number of hydrogen-bond donors (Lipinski definition) is 0. The first-order chi connectivity index (χ1) is 8.15. The van der Waals surface area contributed by atoms with Gasteiger partial charge in [0.15, 0.2) is 15.6 Å². The quantitative estimate of drug-likeness (QED) is 0.789. The van der Waals surface area contributed by atoms with E-state index in [0.717, 1.165) is 16.7 Å². The first-order valence-electron chi connectivity index (χ1n) is 5.97. The second-order valence-electron chi connectivity index (χ2n) is 5.03. The van der Waals surface area contributed by atoms with Gasteiger partial charge in [-0.15, -0.1) is 0 Å². The molecule has 0 bridgehead atoms. The molecule has 0 aliphatic carbocycles. The largest absolute Gasteiger partial charge is 0.293 e. The molecule has 18 heavy (non-hydrogen) atoms. The van der Waals surface area contributed by atoms with Gasteiger partial charge >= 0.3 is 0 Å². The molecular weight excluding hydrogens is 248 g/mol. The van der Waals surface area contributed by atoms with E-state index in [-0.39, 0.29) is 5.78 Å². The maximum atomic E-state index is 12.1. The molecule has 1 aromatic carbocycles. The van der Waals surface area contributed by atoms with E-state index >= 15 is 0 Å². The summed E-state index contributed by atoms with van der Waals surface area (Å²) >= 11 is 0. The lowest BCUT2D eigenvalue weighted by molar-refractivity contribution is 0.102. The highest BCUT2D eigenvalue weighted by atomic mass is 32.2. The molecule has 1 aromatic rings. The lowest BCUT2D eigenvalue weighted by Crippen LogP contribution is -2.24. The minimum absolute atomic E-state index is 0.315. The molecule has 0 spiro atoms. The van der Waals surface area contributed by atoms with Crippen LogP contribution in [0, 0.1) is 20.8 Å². The highest BCUT2D eigenvalue weighted by molar-refractivity contribution is 7.92. The SMILES string of the molecule is Cc1cc(C)c(C(=O)CS(=O)(=O)C(C)C)cc1C. The number of Topliss-reactive ketones (excluding diaryl/α,β-unsaturated/α-hetero) is 1. The summed E-state index contributed by atoms with van der Waals surface area (Å²) in [6.07, 6.45) is 0. The van der Waals surface area contributed by atoms with Gasteiger partial charge in [-0.05, 0) is 57.4 Å². The summed E-state index contributed by atoms with van der Waals surface area (Å²) < 4.78 is 23.5. The third-order valence-electron chi connectivity index (χ3n) is 3.19. The normalized spacial score (nSPS) is 11.9. The van der Waals surface area contributed by atoms with Crippen molar-refractivity contribution >= 4 is 15.6 Å². The van der Waals surface area contributed by atoms with Crippen molar-refractivity contribution < 1.29 is 13.2 Å². The van der Waals surface area contributed by atoms with Gasteiger partial charge in [0.05, 0.1) is 5.25 Å². The van der Waals surface area contributed by atoms with Gasteiger partial charge in [-0.25, -0.2) is 8.42 Å². The fraction of sp³-hybridized carbons (Fsp3) is 0.500. The Morgan fingerprint density at radius 1 is 1.06 bits per heavy atom. The molecule has 0 unspecified atom stereocenters. The van der Waals surface area contributed by atoms with Crippen LogP contribution in [-0.2, 0) is 9.84 Å². The predicted molar refractivity (Wildman–Crippen MR) is 73.9 cm³/mol. The molecule has 0 amide bonds. The molecule has 0 aliphatic rings. The van der Waals surface area contributed by atoms with Crippen molar-refractivity contribution in [2.45, 2.75) is 39.9 Å². The third kappa shape index (κ3) is 3.19. The maximum Gasteiger partial charge on any atom is 0.178 e. The standard InChI is InChI=1S/C14H20O3S/c1-9(2)18(16,17)8-14(15)13-7-11(4)10(3)6-12(13)5/h6-7,9H,8H2,1-5H3. The van der Waals surface area contributed by atoms with E-state index < -0.39 is 20.8 Å². The number of ketones is 1. The number of sulfone groups is 1. The second-order valence-corrected chi connectivity index (χ2v) is 7.59. The highest BCUT2D eigenvalue weighted by Crippen LogP contribution is 2.17. The van der Waals surface area contributed by atoms with Crippen LogP contribution in [0.1, 0.15) is 40.9 Å². The van der Waals surface area contributed by atoms with E-state index in [9.17, 15) is 13.2 Å². The van der Waals surface area contributed by atoms with Crippen LogP contribution < -0.4 is 0 Å². The van der Waals surface area contributed by atoms with Gasteiger partial charge in [-0.3, -0.25) is 4.79 Å². The average molecular weight is 268 g/mol. The minimum Gasteiger partial charge on any atom is -0.293 e. The van der Waals surface area contributed by atoms with Crippen molar-refractivity contribution in [3.63, 3.8) is 0 Å². The van der Waals surface area contributed by atoms with Gasteiger partial charge in [0, 0.05) is 5.56 Å². The zero-order valence-corrected chi connectivity index (χ0v) is 12.4. The number of carbonyl (C=O) groups is 1. The number of aryl methyl sites for hydroxylation is 3. The summed E-state index contributed by atoms with van der Waals surface area (Å²) in [7, 11) is -3.33. The molecule has 100 valence electrons. The van der Waals surface area contributed by atoms with Crippen molar-refractivity contribution in [3.8, 4) is 0 Å². The Labute approximate surface area is 109 Å². The molecule has 0 atom stereocenters. The van der Waals surface area contributed by atoms with E-state index in [1.165, 1.54) is 0 Å². The summed E-state index contributed by atoms with van der Waals surface area (Å²) in [4.78, 5) is 12.1. The molecule has 0 saturated carbocycles. The number of hydrogen-bond acceptors (Lipinski definition) is 3. The van der Waals surface area contributed by atoms with Crippen molar-refractivity contribution in [3.05, 3.63) is 34.4 Å². The van der Waals surface area contributed by atoms with Gasteiger partial charge in [0.2, 0.25) is 0 Å². The summed E-state index contributed by atoms with van der Waals surface area (Å²) in [6.45, 7) is 8.91. The van der Waals surface area contributed by atoms with Crippen LogP contribution in [0.15, 0.2) is 12.1 Å². The van der Waals surface area contributed by atoms with Crippen LogP contribution in [0.25, 0.3) is 0 Å². The van der Waals surface area contributed by atoms with Gasteiger partial charge in [0.25, 0.3) is 0 Å². The number of rotatable bonds is 4. The molecule has 0 radical (unpaired) electrons. The van der Waals surface area contributed by atoms with Crippen molar-refractivity contribution in [1.82, 2.24) is 0 Å². The summed E-state index contributed by atoms with van der Waals surface area (Å²) in [5.41, 5.74) is 3.46. The predicted octanol–water partition coefficient (Wildman–Crippen LogP) is 2.62. The number of carbonyl (C=O) groups excluding carboxylic acids is 1. The Bertz CT molecular complexity index is 569. The highest BCUT2D eigenvalue weighted by Gasteiger charge is 2.22. The fourth-order valence-corrected chi connectivity index (χ4v) is 2.54. The van der Waals surface area contributed by atoms with E-state index in [4.69, 9.17) is 0 Å². The molecule has 0 fully saturated rings. The van der Waals surface area contributed by atoms with Gasteiger partial charge < -0.3 is 0 Å². The first kappa shape index (κ1) is 14.9. The lowest BCUT2D eigenvalue weighted by atomic mass is 9.99. The van der Waals surface area contributed by atoms with Crippen molar-refractivity contribution in [1.29, 1.82) is 0 Å². The lowest BCUT2D eigenvalue weighted by Gasteiger charge is -2.11. The van der Waals surface area contributed by atoms with Crippen LogP contribution >= 0.6 is 0 Å². The van der Waals surface area contributed by atoms with Crippen LogP contribution in [0.3, 0.4) is 0 Å². The first-order valence-corrected chi connectivity index (χ1v) is 7.69. The fourth-order valence-electron chi connectivity index (χ4n) is 1.69. The summed E-state index contributed by atoms with van der Waals surface area (Å²) in [6, 6.07) is 3.70. The zero-order valence-electron chi connectivity index (χ0n) is 11.6. The van der Waals surface area contributed by atoms with Crippen LogP contribution in [0.2, 0.25) is 0 Å². The topological polar surface area (TPSA) is 51.2 Å². The molecule has 0 heterocycles. The Morgan fingerprint density at radius 3 is 2.06 bits per heavy atom. The molecule has 0 N–H and O–H groups in total. The van der Waals surface area contributed by atoms with Crippen LogP contribution in [-0.4, -0.2) is 25.2 Å². The number of benzene rings is 1. The second kappa shape index (κ2) is 5.22. The van der Waals surface area contributed by atoms with E-state index in [1.54, 1.807) is 19.9 Å². The molecule has 0 aromatic heterocycles. The molecular formula is C14H20O3S. The molecule has 0 saturated heterocycles. The van der Waals surface area contributed by atoms with Crippen LogP contribution in [0.4, 0.5) is 0 Å². The van der Waals surface area contributed by atoms with E-state index in [1.807, 2.05) is 26.8 Å². The molecule has 0 aliphatic heterocycles. The monoisotopic (exact) mass is 268 g/mol. The maximum absolute atomic E-state index is 12.1. The van der Waals surface area contributed by atoms with E-state index in [0.29, 0.717) is 5.56 Å².